The molecule has 0 atom stereocenters. The number of aldehydes is 1. The van der Waals surface area contributed by atoms with Crippen molar-refractivity contribution in [3.05, 3.63) is 0 Å². The fourth-order valence-corrected chi connectivity index (χ4v) is 2.15. The molecule has 0 unspecified atom stereocenters. The zero-order valence-electron chi connectivity index (χ0n) is 11.2. The second-order valence-electron chi connectivity index (χ2n) is 5.13. The maximum atomic E-state index is 12.1. The summed E-state index contributed by atoms with van der Waals surface area (Å²) >= 11 is 0. The number of carbonyl (C=O) groups excluding carboxylic acids is 2. The third-order valence-corrected chi connectivity index (χ3v) is 3.12. The molecule has 0 heterocycles. The van der Waals surface area contributed by atoms with Crippen molar-refractivity contribution in [2.24, 2.45) is 11.3 Å². The van der Waals surface area contributed by atoms with Crippen molar-refractivity contribution in [2.45, 2.75) is 66.2 Å². The average Bonchev–Trinajstić information content (AvgIpc) is 2.25. The first-order valence-corrected chi connectivity index (χ1v) is 6.52. The Bertz CT molecular complexity index is 213. The topological polar surface area (TPSA) is 34.1 Å². The minimum atomic E-state index is -0.682. The van der Waals surface area contributed by atoms with E-state index in [1.807, 2.05) is 13.8 Å². The molecule has 0 aromatic carbocycles. The molecule has 0 amide bonds. The van der Waals surface area contributed by atoms with Gasteiger partial charge in [0, 0.05) is 6.42 Å². The second-order valence-corrected chi connectivity index (χ2v) is 5.13. The van der Waals surface area contributed by atoms with Crippen LogP contribution < -0.4 is 0 Å². The highest BCUT2D eigenvalue weighted by molar-refractivity contribution is 5.98. The van der Waals surface area contributed by atoms with Gasteiger partial charge in [0.2, 0.25) is 0 Å². The van der Waals surface area contributed by atoms with E-state index in [1.54, 1.807) is 0 Å². The maximum Gasteiger partial charge on any atom is 0.146 e. The Morgan fingerprint density at radius 3 is 2.00 bits per heavy atom. The maximum absolute atomic E-state index is 12.1. The normalized spacial score (nSPS) is 11.8. The summed E-state index contributed by atoms with van der Waals surface area (Å²) in [5.74, 6) is 0.677. The van der Waals surface area contributed by atoms with Gasteiger partial charge in [0.15, 0.2) is 0 Å². The van der Waals surface area contributed by atoms with Crippen LogP contribution >= 0.6 is 0 Å². The number of ketones is 1. The smallest absolute Gasteiger partial charge is 0.146 e. The molecule has 16 heavy (non-hydrogen) atoms. The first-order valence-electron chi connectivity index (χ1n) is 6.52. The summed E-state index contributed by atoms with van der Waals surface area (Å²) in [6.07, 6.45) is 5.56. The van der Waals surface area contributed by atoms with Gasteiger partial charge < -0.3 is 4.79 Å². The Morgan fingerprint density at radius 2 is 1.69 bits per heavy atom. The monoisotopic (exact) mass is 226 g/mol. The predicted molar refractivity (Wildman–Crippen MR) is 67.4 cm³/mol. The molecule has 0 saturated heterocycles. The number of hydrogen-bond acceptors (Lipinski definition) is 2. The lowest BCUT2D eigenvalue weighted by atomic mass is 9.75. The lowest BCUT2D eigenvalue weighted by Gasteiger charge is -2.26. The molecular formula is C14H26O2. The van der Waals surface area contributed by atoms with Crippen LogP contribution in [0.15, 0.2) is 0 Å². The van der Waals surface area contributed by atoms with E-state index in [-0.39, 0.29) is 5.78 Å². The van der Waals surface area contributed by atoms with Gasteiger partial charge in [-0.25, -0.2) is 0 Å². The van der Waals surface area contributed by atoms with Crippen LogP contribution in [0.3, 0.4) is 0 Å². The zero-order valence-corrected chi connectivity index (χ0v) is 11.2. The van der Waals surface area contributed by atoms with E-state index < -0.39 is 5.41 Å². The Labute approximate surface area is 99.8 Å². The molecule has 0 aromatic heterocycles. The molecule has 0 bridgehead atoms. The van der Waals surface area contributed by atoms with Gasteiger partial charge in [0.05, 0.1) is 5.41 Å². The fraction of sp³-hybridized carbons (Fsp3) is 0.857. The Balaban J connectivity index is 4.58. The van der Waals surface area contributed by atoms with E-state index >= 15 is 0 Å². The standard InChI is InChI=1S/C14H26O2/c1-5-9-14(11-15,10-6-2)13(16)8-7-12(3)4/h11-12H,5-10H2,1-4H3. The minimum absolute atomic E-state index is 0.153. The van der Waals surface area contributed by atoms with E-state index in [9.17, 15) is 9.59 Å². The summed E-state index contributed by atoms with van der Waals surface area (Å²) in [7, 11) is 0. The summed E-state index contributed by atoms with van der Waals surface area (Å²) in [5.41, 5.74) is -0.682. The molecule has 0 aliphatic rings. The third-order valence-electron chi connectivity index (χ3n) is 3.12. The van der Waals surface area contributed by atoms with Crippen molar-refractivity contribution in [1.82, 2.24) is 0 Å². The summed E-state index contributed by atoms with van der Waals surface area (Å²) in [6.45, 7) is 8.28. The van der Waals surface area contributed by atoms with Gasteiger partial charge in [-0.1, -0.05) is 40.5 Å². The van der Waals surface area contributed by atoms with Crippen molar-refractivity contribution in [3.63, 3.8) is 0 Å². The molecule has 0 saturated carbocycles. The molecule has 0 aliphatic carbocycles. The molecule has 0 fully saturated rings. The molecule has 0 rings (SSSR count). The fourth-order valence-electron chi connectivity index (χ4n) is 2.15. The van der Waals surface area contributed by atoms with Crippen LogP contribution in [0, 0.1) is 11.3 Å². The molecule has 0 aliphatic heterocycles. The van der Waals surface area contributed by atoms with E-state index in [4.69, 9.17) is 0 Å². The minimum Gasteiger partial charge on any atom is -0.302 e. The number of rotatable bonds is 9. The van der Waals surface area contributed by atoms with Crippen molar-refractivity contribution in [2.75, 3.05) is 0 Å². The highest BCUT2D eigenvalue weighted by atomic mass is 16.1. The first-order chi connectivity index (χ1) is 7.52. The third kappa shape index (κ3) is 4.46. The number of Topliss-reactive ketones (excluding diaryl/α,β-unsaturated/α-hetero) is 1. The lowest BCUT2D eigenvalue weighted by Crippen LogP contribution is -2.33. The van der Waals surface area contributed by atoms with E-state index in [2.05, 4.69) is 13.8 Å². The lowest BCUT2D eigenvalue weighted by molar-refractivity contribution is -0.136. The zero-order chi connectivity index (χ0) is 12.6. The summed E-state index contributed by atoms with van der Waals surface area (Å²) < 4.78 is 0. The highest BCUT2D eigenvalue weighted by Gasteiger charge is 2.35. The van der Waals surface area contributed by atoms with E-state index in [0.29, 0.717) is 25.2 Å². The van der Waals surface area contributed by atoms with Crippen molar-refractivity contribution < 1.29 is 9.59 Å². The summed E-state index contributed by atoms with van der Waals surface area (Å²) in [6, 6.07) is 0. The molecule has 2 nitrogen and oxygen atoms in total. The van der Waals surface area contributed by atoms with Crippen LogP contribution in [0.4, 0.5) is 0 Å². The van der Waals surface area contributed by atoms with Crippen LogP contribution in [0.5, 0.6) is 0 Å². The van der Waals surface area contributed by atoms with Crippen LogP contribution in [0.2, 0.25) is 0 Å². The Hall–Kier alpha value is -0.660. The quantitative estimate of drug-likeness (QED) is 0.443. The van der Waals surface area contributed by atoms with Crippen LogP contribution in [0.25, 0.3) is 0 Å². The van der Waals surface area contributed by atoms with Gasteiger partial charge >= 0.3 is 0 Å². The first kappa shape index (κ1) is 15.3. The van der Waals surface area contributed by atoms with Crippen molar-refractivity contribution >= 4 is 12.1 Å². The van der Waals surface area contributed by atoms with Gasteiger partial charge in [-0.15, -0.1) is 0 Å². The van der Waals surface area contributed by atoms with Crippen molar-refractivity contribution in [3.8, 4) is 0 Å². The van der Waals surface area contributed by atoms with Gasteiger partial charge in [-0.05, 0) is 25.2 Å². The molecule has 2 heteroatoms. The van der Waals surface area contributed by atoms with Crippen LogP contribution in [-0.2, 0) is 9.59 Å². The van der Waals surface area contributed by atoms with Gasteiger partial charge in [0.25, 0.3) is 0 Å². The summed E-state index contributed by atoms with van der Waals surface area (Å²) in [4.78, 5) is 23.4. The molecule has 0 spiro atoms. The van der Waals surface area contributed by atoms with Gasteiger partial charge in [0.1, 0.15) is 12.1 Å². The molecule has 0 radical (unpaired) electrons. The second kappa shape index (κ2) is 7.59. The largest absolute Gasteiger partial charge is 0.302 e. The van der Waals surface area contributed by atoms with E-state index in [0.717, 1.165) is 25.5 Å². The Kier molecular flexibility index (Phi) is 7.27. The molecule has 0 N–H and O–H groups in total. The van der Waals surface area contributed by atoms with Crippen LogP contribution in [0.1, 0.15) is 66.2 Å². The van der Waals surface area contributed by atoms with E-state index in [1.165, 1.54) is 0 Å². The Morgan fingerprint density at radius 1 is 1.19 bits per heavy atom. The number of hydrogen-bond donors (Lipinski definition) is 0. The number of carbonyl (C=O) groups is 2. The van der Waals surface area contributed by atoms with Crippen LogP contribution in [-0.4, -0.2) is 12.1 Å². The highest BCUT2D eigenvalue weighted by Crippen LogP contribution is 2.31. The summed E-state index contributed by atoms with van der Waals surface area (Å²) in [5, 5.41) is 0. The molecule has 0 aromatic rings. The van der Waals surface area contributed by atoms with Crippen molar-refractivity contribution in [1.29, 1.82) is 0 Å². The van der Waals surface area contributed by atoms with Gasteiger partial charge in [-0.2, -0.15) is 0 Å². The average molecular weight is 226 g/mol. The molecular weight excluding hydrogens is 200 g/mol. The van der Waals surface area contributed by atoms with Gasteiger partial charge in [-0.3, -0.25) is 4.79 Å². The SMILES string of the molecule is CCCC(C=O)(CCC)C(=O)CCC(C)C. The predicted octanol–water partition coefficient (Wildman–Crippen LogP) is 3.78. The molecule has 94 valence electrons.